The highest BCUT2D eigenvalue weighted by molar-refractivity contribution is 5.36. The van der Waals surface area contributed by atoms with E-state index >= 15 is 0 Å². The largest absolute Gasteiger partial charge is 0.390 e. The van der Waals surface area contributed by atoms with Gasteiger partial charge in [0, 0.05) is 32.7 Å². The molecule has 1 aromatic rings. The van der Waals surface area contributed by atoms with Crippen LogP contribution in [0.4, 0.5) is 0 Å². The van der Waals surface area contributed by atoms with E-state index in [0.717, 1.165) is 26.2 Å². The lowest BCUT2D eigenvalue weighted by Crippen LogP contribution is -2.46. The Hall–Kier alpha value is -1.93. The van der Waals surface area contributed by atoms with E-state index in [-0.39, 0.29) is 17.9 Å². The predicted molar refractivity (Wildman–Crippen MR) is 67.0 cm³/mol. The second-order valence-electron chi connectivity index (χ2n) is 4.52. The first kappa shape index (κ1) is 13.5. The van der Waals surface area contributed by atoms with E-state index in [1.54, 1.807) is 0 Å². The van der Waals surface area contributed by atoms with Gasteiger partial charge in [-0.15, -0.1) is 0 Å². The molecule has 2 N–H and O–H groups in total. The van der Waals surface area contributed by atoms with Crippen molar-refractivity contribution < 1.29 is 5.11 Å². The molecule has 2 heterocycles. The average Bonchev–Trinajstić information content (AvgIpc) is 2.81. The van der Waals surface area contributed by atoms with Crippen molar-refractivity contribution in [1.29, 1.82) is 10.5 Å². The van der Waals surface area contributed by atoms with Crippen LogP contribution >= 0.6 is 0 Å². The van der Waals surface area contributed by atoms with Crippen LogP contribution in [-0.2, 0) is 6.54 Å². The molecule has 100 valence electrons. The van der Waals surface area contributed by atoms with E-state index < -0.39 is 6.10 Å². The molecule has 1 fully saturated rings. The summed E-state index contributed by atoms with van der Waals surface area (Å²) in [5.41, 5.74) is 0.318. The van der Waals surface area contributed by atoms with E-state index in [1.165, 1.54) is 10.9 Å². The maximum Gasteiger partial charge on any atom is 0.176 e. The second-order valence-corrected chi connectivity index (χ2v) is 4.52. The summed E-state index contributed by atoms with van der Waals surface area (Å²) in [5.74, 6) is 0. The average molecular weight is 260 g/mol. The number of imidazole rings is 1. The maximum atomic E-state index is 10.1. The highest BCUT2D eigenvalue weighted by Gasteiger charge is 2.17. The van der Waals surface area contributed by atoms with Crippen LogP contribution in [-0.4, -0.2) is 58.4 Å². The first-order chi connectivity index (χ1) is 9.24. The molecule has 0 radical (unpaired) electrons. The Morgan fingerprint density at radius 2 is 2.05 bits per heavy atom. The number of nitrogens with zero attached hydrogens (tertiary/aromatic N) is 5. The molecule has 2 rings (SSSR count). The number of piperazine rings is 1. The number of hydrogen-bond donors (Lipinski definition) is 2. The molecule has 1 aliphatic heterocycles. The number of β-amino-alcohol motifs (C(OH)–C–C–N with tert-alkyl or cyclic N) is 1. The summed E-state index contributed by atoms with van der Waals surface area (Å²) in [5, 5.41) is 31.1. The summed E-state index contributed by atoms with van der Waals surface area (Å²) in [6.07, 6.45) is 0.851. The summed E-state index contributed by atoms with van der Waals surface area (Å²) in [7, 11) is 0. The normalized spacial score (nSPS) is 17.6. The van der Waals surface area contributed by atoms with Crippen LogP contribution in [0, 0.1) is 22.7 Å². The van der Waals surface area contributed by atoms with Gasteiger partial charge in [0.05, 0.1) is 19.0 Å². The molecule has 1 aromatic heterocycles. The van der Waals surface area contributed by atoms with Crippen molar-refractivity contribution in [3.63, 3.8) is 0 Å². The van der Waals surface area contributed by atoms with Crippen LogP contribution in [0.5, 0.6) is 0 Å². The molecule has 1 saturated heterocycles. The van der Waals surface area contributed by atoms with Gasteiger partial charge in [0.1, 0.15) is 12.1 Å². The Bertz CT molecular complexity index is 505. The molecule has 1 unspecified atom stereocenters. The molecule has 1 aliphatic rings. The van der Waals surface area contributed by atoms with Gasteiger partial charge in [0.2, 0.25) is 0 Å². The minimum atomic E-state index is -0.578. The molecular weight excluding hydrogens is 244 g/mol. The van der Waals surface area contributed by atoms with Crippen molar-refractivity contribution in [1.82, 2.24) is 19.8 Å². The van der Waals surface area contributed by atoms with E-state index in [4.69, 9.17) is 10.5 Å². The number of nitrogens with one attached hydrogen (secondary N) is 1. The maximum absolute atomic E-state index is 10.1. The lowest BCUT2D eigenvalue weighted by atomic mass is 10.2. The highest BCUT2D eigenvalue weighted by atomic mass is 16.3. The van der Waals surface area contributed by atoms with Crippen molar-refractivity contribution in [2.75, 3.05) is 32.7 Å². The third-order valence-electron chi connectivity index (χ3n) is 3.14. The van der Waals surface area contributed by atoms with E-state index in [2.05, 4.69) is 15.2 Å². The number of aliphatic hydroxyl groups is 1. The molecule has 0 spiro atoms. The Morgan fingerprint density at radius 1 is 1.32 bits per heavy atom. The van der Waals surface area contributed by atoms with Gasteiger partial charge in [-0.25, -0.2) is 4.98 Å². The van der Waals surface area contributed by atoms with Crippen LogP contribution < -0.4 is 5.32 Å². The van der Waals surface area contributed by atoms with Gasteiger partial charge in [-0.3, -0.25) is 4.90 Å². The van der Waals surface area contributed by atoms with Crippen molar-refractivity contribution in [3.8, 4) is 12.1 Å². The number of nitriles is 2. The van der Waals surface area contributed by atoms with Crippen LogP contribution in [0.15, 0.2) is 6.33 Å². The molecule has 7 heteroatoms. The standard InChI is InChI=1S/C12H16N6O/c13-5-11-12(6-14)18(9-16-11)8-10(19)7-17-3-1-15-2-4-17/h9-10,15,19H,1-4,7-8H2. The van der Waals surface area contributed by atoms with Crippen molar-refractivity contribution >= 4 is 0 Å². The zero-order valence-electron chi connectivity index (χ0n) is 10.6. The molecule has 7 nitrogen and oxygen atoms in total. The number of aromatic nitrogens is 2. The summed E-state index contributed by atoms with van der Waals surface area (Å²) in [4.78, 5) is 6.03. The molecule has 1 atom stereocenters. The smallest absolute Gasteiger partial charge is 0.176 e. The quantitative estimate of drug-likeness (QED) is 0.712. The van der Waals surface area contributed by atoms with Crippen molar-refractivity contribution in [3.05, 3.63) is 17.7 Å². The number of rotatable bonds is 4. The molecular formula is C12H16N6O. The lowest BCUT2D eigenvalue weighted by Gasteiger charge is -2.29. The predicted octanol–water partition coefficient (Wildman–Crippen LogP) is -1.11. The molecule has 0 saturated carbocycles. The molecule has 0 bridgehead atoms. The van der Waals surface area contributed by atoms with Gasteiger partial charge < -0.3 is 15.0 Å². The lowest BCUT2D eigenvalue weighted by molar-refractivity contribution is 0.0915. The third-order valence-corrected chi connectivity index (χ3v) is 3.14. The first-order valence-corrected chi connectivity index (χ1v) is 6.21. The summed E-state index contributed by atoms with van der Waals surface area (Å²) in [6, 6.07) is 3.81. The molecule has 19 heavy (non-hydrogen) atoms. The minimum absolute atomic E-state index is 0.108. The fraction of sp³-hybridized carbons (Fsp3) is 0.583. The molecule has 0 aromatic carbocycles. The van der Waals surface area contributed by atoms with Crippen molar-refractivity contribution in [2.24, 2.45) is 0 Å². The van der Waals surface area contributed by atoms with Gasteiger partial charge in [-0.1, -0.05) is 0 Å². The van der Waals surface area contributed by atoms with Crippen LogP contribution in [0.1, 0.15) is 11.4 Å². The van der Waals surface area contributed by atoms with Crippen molar-refractivity contribution in [2.45, 2.75) is 12.6 Å². The zero-order chi connectivity index (χ0) is 13.7. The van der Waals surface area contributed by atoms with E-state index in [9.17, 15) is 5.11 Å². The fourth-order valence-corrected chi connectivity index (χ4v) is 2.20. The Kier molecular flexibility index (Phi) is 4.48. The topological polar surface area (TPSA) is 101 Å². The SMILES string of the molecule is N#Cc1ncn(CC(O)CN2CCNCC2)c1C#N. The van der Waals surface area contributed by atoms with Crippen LogP contribution in [0.3, 0.4) is 0 Å². The highest BCUT2D eigenvalue weighted by Crippen LogP contribution is 2.07. The minimum Gasteiger partial charge on any atom is -0.390 e. The van der Waals surface area contributed by atoms with Crippen LogP contribution in [0.25, 0.3) is 0 Å². The van der Waals surface area contributed by atoms with Gasteiger partial charge in [-0.2, -0.15) is 10.5 Å². The number of aliphatic hydroxyl groups excluding tert-OH is 1. The molecule has 0 aliphatic carbocycles. The first-order valence-electron chi connectivity index (χ1n) is 6.21. The Labute approximate surface area is 111 Å². The Balaban J connectivity index is 1.95. The van der Waals surface area contributed by atoms with Crippen LogP contribution in [0.2, 0.25) is 0 Å². The summed E-state index contributed by atoms with van der Waals surface area (Å²) < 4.78 is 1.53. The van der Waals surface area contributed by atoms with Gasteiger partial charge >= 0.3 is 0 Å². The molecule has 0 amide bonds. The zero-order valence-corrected chi connectivity index (χ0v) is 10.6. The van der Waals surface area contributed by atoms with Gasteiger partial charge in [-0.05, 0) is 0 Å². The monoisotopic (exact) mass is 260 g/mol. The fourth-order valence-electron chi connectivity index (χ4n) is 2.20. The third kappa shape index (κ3) is 3.30. The summed E-state index contributed by atoms with van der Waals surface area (Å²) in [6.45, 7) is 4.53. The van der Waals surface area contributed by atoms with Gasteiger partial charge in [0.15, 0.2) is 11.4 Å². The summed E-state index contributed by atoms with van der Waals surface area (Å²) >= 11 is 0. The van der Waals surface area contributed by atoms with E-state index in [1.807, 2.05) is 12.1 Å². The second kappa shape index (κ2) is 6.30. The van der Waals surface area contributed by atoms with Gasteiger partial charge in [0.25, 0.3) is 0 Å². The Morgan fingerprint density at radius 3 is 2.68 bits per heavy atom. The van der Waals surface area contributed by atoms with E-state index in [0.29, 0.717) is 6.54 Å². The number of hydrogen-bond acceptors (Lipinski definition) is 6.